The first-order chi connectivity index (χ1) is 6.43. The molecule has 1 saturated heterocycles. The molecule has 1 aliphatic heterocycles. The van der Waals surface area contributed by atoms with Crippen LogP contribution in [0.1, 0.15) is 13.8 Å². The summed E-state index contributed by atoms with van der Waals surface area (Å²) in [6.45, 7) is 2.90. The van der Waals surface area contributed by atoms with Crippen LogP contribution < -0.4 is 5.32 Å². The van der Waals surface area contributed by atoms with Gasteiger partial charge in [-0.15, -0.1) is 0 Å². The molecule has 82 valence electrons. The van der Waals surface area contributed by atoms with Gasteiger partial charge in [-0.2, -0.15) is 0 Å². The number of carbonyl (C=O) groups is 1. The summed E-state index contributed by atoms with van der Waals surface area (Å²) in [4.78, 5) is 10.8. The van der Waals surface area contributed by atoms with Gasteiger partial charge in [0, 0.05) is 6.92 Å². The molecule has 0 saturated carbocycles. The molecule has 6 nitrogen and oxygen atoms in total. The summed E-state index contributed by atoms with van der Waals surface area (Å²) in [5.41, 5.74) is 0. The third-order valence-electron chi connectivity index (χ3n) is 2.24. The molecule has 4 N–H and O–H groups in total. The van der Waals surface area contributed by atoms with E-state index in [1.54, 1.807) is 6.92 Å². The quantitative estimate of drug-likeness (QED) is 0.395. The maximum Gasteiger partial charge on any atom is 0.217 e. The highest BCUT2D eigenvalue weighted by atomic mass is 16.6. The summed E-state index contributed by atoms with van der Waals surface area (Å²) in [5, 5.41) is 30.4. The number of ether oxygens (including phenoxy) is 1. The number of aliphatic hydroxyl groups is 3. The monoisotopic (exact) mass is 205 g/mol. The van der Waals surface area contributed by atoms with Crippen molar-refractivity contribution in [3.63, 3.8) is 0 Å². The van der Waals surface area contributed by atoms with Crippen molar-refractivity contribution in [2.75, 3.05) is 0 Å². The number of aliphatic hydroxyl groups excluding tert-OH is 3. The van der Waals surface area contributed by atoms with Gasteiger partial charge >= 0.3 is 0 Å². The SMILES string of the molecule is CC(=O)N[C@@H]1[C@H](O)[C@@H](O)[C@@H](O)O[C@@H]1C. The van der Waals surface area contributed by atoms with E-state index in [0.717, 1.165) is 0 Å². The van der Waals surface area contributed by atoms with E-state index in [9.17, 15) is 15.0 Å². The lowest BCUT2D eigenvalue weighted by molar-refractivity contribution is -0.253. The first kappa shape index (κ1) is 11.4. The van der Waals surface area contributed by atoms with Gasteiger partial charge in [0.15, 0.2) is 6.29 Å². The molecule has 0 radical (unpaired) electrons. The smallest absolute Gasteiger partial charge is 0.217 e. The zero-order valence-electron chi connectivity index (χ0n) is 8.04. The largest absolute Gasteiger partial charge is 0.388 e. The minimum Gasteiger partial charge on any atom is -0.388 e. The van der Waals surface area contributed by atoms with Crippen LogP contribution >= 0.6 is 0 Å². The lowest BCUT2D eigenvalue weighted by atomic mass is 9.97. The molecule has 1 rings (SSSR count). The number of hydrogen-bond acceptors (Lipinski definition) is 5. The van der Waals surface area contributed by atoms with Gasteiger partial charge < -0.3 is 25.4 Å². The van der Waals surface area contributed by atoms with E-state index in [2.05, 4.69) is 5.32 Å². The van der Waals surface area contributed by atoms with Gasteiger partial charge in [0.25, 0.3) is 0 Å². The van der Waals surface area contributed by atoms with E-state index in [1.165, 1.54) is 6.92 Å². The van der Waals surface area contributed by atoms with Gasteiger partial charge in [-0.25, -0.2) is 0 Å². The first-order valence-electron chi connectivity index (χ1n) is 4.40. The molecule has 0 aromatic rings. The molecule has 5 atom stereocenters. The van der Waals surface area contributed by atoms with Crippen molar-refractivity contribution in [3.05, 3.63) is 0 Å². The van der Waals surface area contributed by atoms with E-state index in [1.807, 2.05) is 0 Å². The van der Waals surface area contributed by atoms with Crippen molar-refractivity contribution >= 4 is 5.91 Å². The van der Waals surface area contributed by atoms with Gasteiger partial charge in [0.2, 0.25) is 5.91 Å². The van der Waals surface area contributed by atoms with E-state index in [0.29, 0.717) is 0 Å². The fraction of sp³-hybridized carbons (Fsp3) is 0.875. The molecule has 0 unspecified atom stereocenters. The number of hydrogen-bond donors (Lipinski definition) is 4. The predicted molar refractivity (Wildman–Crippen MR) is 46.2 cm³/mol. The summed E-state index contributed by atoms with van der Waals surface area (Å²) < 4.78 is 4.91. The standard InChI is InChI=1S/C8H15NO5/c1-3-5(9-4(2)10)6(11)7(12)8(13)14-3/h3,5-8,11-13H,1-2H3,(H,9,10)/t3-,5+,6+,7-,8+/m1/s1. The Hall–Kier alpha value is -0.690. The highest BCUT2D eigenvalue weighted by Crippen LogP contribution is 2.19. The van der Waals surface area contributed by atoms with Gasteiger partial charge in [-0.3, -0.25) is 4.79 Å². The predicted octanol–water partition coefficient (Wildman–Crippen LogP) is -2.05. The summed E-state index contributed by atoms with van der Waals surface area (Å²) in [5.74, 6) is -0.326. The maximum absolute atomic E-state index is 10.8. The van der Waals surface area contributed by atoms with Crippen LogP contribution in [0.3, 0.4) is 0 Å². The Labute approximate surface area is 81.5 Å². The number of rotatable bonds is 1. The van der Waals surface area contributed by atoms with Crippen molar-refractivity contribution in [2.24, 2.45) is 0 Å². The van der Waals surface area contributed by atoms with Gasteiger partial charge in [0.1, 0.15) is 12.2 Å². The van der Waals surface area contributed by atoms with Crippen molar-refractivity contribution in [3.8, 4) is 0 Å². The number of carbonyl (C=O) groups excluding carboxylic acids is 1. The molecular weight excluding hydrogens is 190 g/mol. The van der Waals surface area contributed by atoms with Crippen LogP contribution in [0, 0.1) is 0 Å². The fourth-order valence-electron chi connectivity index (χ4n) is 1.48. The Morgan fingerprint density at radius 1 is 1.29 bits per heavy atom. The Morgan fingerprint density at radius 3 is 2.36 bits per heavy atom. The Kier molecular flexibility index (Phi) is 3.43. The fourth-order valence-corrected chi connectivity index (χ4v) is 1.48. The minimum atomic E-state index is -1.41. The molecule has 0 bridgehead atoms. The minimum absolute atomic E-state index is 0.326. The van der Waals surface area contributed by atoms with Crippen molar-refractivity contribution in [1.82, 2.24) is 5.32 Å². The highest BCUT2D eigenvalue weighted by Gasteiger charge is 2.42. The third-order valence-corrected chi connectivity index (χ3v) is 2.24. The Balaban J connectivity index is 2.68. The molecule has 0 aliphatic carbocycles. The zero-order valence-corrected chi connectivity index (χ0v) is 8.04. The van der Waals surface area contributed by atoms with Crippen LogP contribution in [0.15, 0.2) is 0 Å². The molecule has 0 aromatic heterocycles. The first-order valence-corrected chi connectivity index (χ1v) is 4.40. The second kappa shape index (κ2) is 4.22. The summed E-state index contributed by atoms with van der Waals surface area (Å²) >= 11 is 0. The zero-order chi connectivity index (χ0) is 10.9. The van der Waals surface area contributed by atoms with Crippen LogP contribution in [-0.4, -0.2) is 51.9 Å². The summed E-state index contributed by atoms with van der Waals surface area (Å²) in [6.07, 6.45) is -4.59. The molecule has 1 heterocycles. The van der Waals surface area contributed by atoms with Crippen LogP contribution in [-0.2, 0) is 9.53 Å². The van der Waals surface area contributed by atoms with Gasteiger partial charge in [-0.1, -0.05) is 0 Å². The molecule has 6 heteroatoms. The van der Waals surface area contributed by atoms with E-state index >= 15 is 0 Å². The normalized spacial score (nSPS) is 43.4. The van der Waals surface area contributed by atoms with Crippen molar-refractivity contribution in [1.29, 1.82) is 0 Å². The van der Waals surface area contributed by atoms with E-state index in [-0.39, 0.29) is 5.91 Å². The highest BCUT2D eigenvalue weighted by molar-refractivity contribution is 5.73. The number of amides is 1. The second-order valence-corrected chi connectivity index (χ2v) is 3.44. The van der Waals surface area contributed by atoms with E-state index < -0.39 is 30.6 Å². The molecule has 0 spiro atoms. The molecule has 0 aromatic carbocycles. The van der Waals surface area contributed by atoms with E-state index in [4.69, 9.17) is 9.84 Å². The van der Waals surface area contributed by atoms with Gasteiger partial charge in [-0.05, 0) is 6.92 Å². The summed E-state index contributed by atoms with van der Waals surface area (Å²) in [6, 6.07) is -0.703. The van der Waals surface area contributed by atoms with Gasteiger partial charge in [0.05, 0.1) is 12.1 Å². The number of nitrogens with one attached hydrogen (secondary N) is 1. The average molecular weight is 205 g/mol. The molecular formula is C8H15NO5. The summed E-state index contributed by atoms with van der Waals surface area (Å²) in [7, 11) is 0. The average Bonchev–Trinajstić information content (AvgIpc) is 2.09. The van der Waals surface area contributed by atoms with Crippen LogP contribution in [0.5, 0.6) is 0 Å². The molecule has 1 fully saturated rings. The topological polar surface area (TPSA) is 99.0 Å². The molecule has 1 aliphatic rings. The maximum atomic E-state index is 10.8. The Morgan fingerprint density at radius 2 is 1.86 bits per heavy atom. The van der Waals surface area contributed by atoms with Crippen molar-refractivity contribution in [2.45, 2.75) is 44.5 Å². The van der Waals surface area contributed by atoms with Crippen LogP contribution in [0.2, 0.25) is 0 Å². The Bertz CT molecular complexity index is 222. The van der Waals surface area contributed by atoms with Crippen LogP contribution in [0.25, 0.3) is 0 Å². The van der Waals surface area contributed by atoms with Crippen LogP contribution in [0.4, 0.5) is 0 Å². The lowest BCUT2D eigenvalue weighted by Gasteiger charge is -2.39. The third kappa shape index (κ3) is 2.21. The van der Waals surface area contributed by atoms with Crippen molar-refractivity contribution < 1.29 is 24.9 Å². The molecule has 1 amide bonds. The lowest BCUT2D eigenvalue weighted by Crippen LogP contribution is -2.62. The second-order valence-electron chi connectivity index (χ2n) is 3.44. The molecule has 14 heavy (non-hydrogen) atoms.